The molecule has 37 heavy (non-hydrogen) atoms. The molecule has 3 amide bonds. The Morgan fingerprint density at radius 1 is 0.811 bits per heavy atom. The molecule has 0 aliphatic heterocycles. The number of nitrogens with two attached hydrogens (primary N) is 1. The molecule has 0 spiro atoms. The molecule has 0 radical (unpaired) electrons. The van der Waals surface area contributed by atoms with E-state index in [9.17, 15) is 19.2 Å². The fourth-order valence-electron chi connectivity index (χ4n) is 4.05. The highest BCUT2D eigenvalue weighted by Gasteiger charge is 2.24. The number of hydrogen-bond acceptors (Lipinski definition) is 5. The molecule has 0 aliphatic rings. The summed E-state index contributed by atoms with van der Waals surface area (Å²) < 4.78 is 5.24. The van der Waals surface area contributed by atoms with Gasteiger partial charge >= 0.3 is 5.97 Å². The Kier molecular flexibility index (Phi) is 17.5. The van der Waals surface area contributed by atoms with Crippen molar-refractivity contribution in [2.24, 2.45) is 5.73 Å². The molecule has 0 heterocycles. The molecule has 0 bridgehead atoms. The average Bonchev–Trinajstić information content (AvgIpc) is 2.86. The summed E-state index contributed by atoms with van der Waals surface area (Å²) in [6, 6.07) is 7.37. The number of hydrogen-bond donors (Lipinski definition) is 3. The topological polar surface area (TPSA) is 128 Å². The van der Waals surface area contributed by atoms with Crippen molar-refractivity contribution in [2.45, 2.75) is 122 Å². The van der Waals surface area contributed by atoms with Crippen LogP contribution in [0.25, 0.3) is 0 Å². The molecule has 2 unspecified atom stereocenters. The van der Waals surface area contributed by atoms with E-state index in [1.54, 1.807) is 31.2 Å². The number of carbonyl (C=O) groups is 4. The second-order valence-electron chi connectivity index (χ2n) is 9.81. The third-order valence-electron chi connectivity index (χ3n) is 6.21. The largest absolute Gasteiger partial charge is 0.427 e. The smallest absolute Gasteiger partial charge is 0.311 e. The molecule has 0 aliphatic carbocycles. The summed E-state index contributed by atoms with van der Waals surface area (Å²) in [4.78, 5) is 48.5. The van der Waals surface area contributed by atoms with E-state index >= 15 is 0 Å². The number of para-hydroxylation sites is 1. The monoisotopic (exact) mass is 517 g/mol. The normalized spacial score (nSPS) is 12.4. The minimum atomic E-state index is -1.03. The summed E-state index contributed by atoms with van der Waals surface area (Å²) in [6.07, 6.45) is 13.6. The van der Waals surface area contributed by atoms with Crippen LogP contribution in [0.3, 0.4) is 0 Å². The summed E-state index contributed by atoms with van der Waals surface area (Å²) in [6.45, 7) is 3.98. The van der Waals surface area contributed by atoms with Crippen LogP contribution < -0.4 is 21.1 Å². The second-order valence-corrected chi connectivity index (χ2v) is 9.81. The van der Waals surface area contributed by atoms with E-state index < -0.39 is 23.8 Å². The van der Waals surface area contributed by atoms with E-state index in [1.807, 2.05) is 6.07 Å². The number of nitrogens with one attached hydrogen (secondary N) is 2. The molecule has 1 rings (SSSR count). The van der Waals surface area contributed by atoms with Gasteiger partial charge < -0.3 is 21.1 Å². The van der Waals surface area contributed by atoms with Crippen LogP contribution in [0.4, 0.5) is 0 Å². The van der Waals surface area contributed by atoms with E-state index in [4.69, 9.17) is 10.5 Å². The number of esters is 1. The van der Waals surface area contributed by atoms with Gasteiger partial charge in [0.05, 0.1) is 6.42 Å². The maximum Gasteiger partial charge on any atom is 0.311 e. The number of benzene rings is 1. The quantitative estimate of drug-likeness (QED) is 0.121. The summed E-state index contributed by atoms with van der Waals surface area (Å²) in [5, 5.41) is 5.40. The van der Waals surface area contributed by atoms with Crippen molar-refractivity contribution >= 4 is 23.7 Å². The molecule has 8 heteroatoms. The van der Waals surface area contributed by atoms with Gasteiger partial charge in [0.2, 0.25) is 17.7 Å². The Bertz CT molecular complexity index is 800. The van der Waals surface area contributed by atoms with Crippen molar-refractivity contribution in [3.8, 4) is 5.75 Å². The standard InChI is InChI=1S/C29H47N3O5/c1-3-4-5-6-7-8-9-10-11-12-16-19-27(34)32-25(22-26(30)33)29(36)31-23(2)20-21-28(35)37-24-17-14-13-15-18-24/h13-15,17-18,23,25H,3-12,16,19-22H2,1-2H3,(H2,30,33)(H,31,36)(H,32,34). The molecule has 0 aromatic heterocycles. The Balaban J connectivity index is 2.27. The number of primary amides is 1. The molecule has 1 aromatic rings. The van der Waals surface area contributed by atoms with Crippen molar-refractivity contribution in [2.75, 3.05) is 0 Å². The molecule has 208 valence electrons. The second kappa shape index (κ2) is 20.2. The fraction of sp³-hybridized carbons (Fsp3) is 0.655. The van der Waals surface area contributed by atoms with Gasteiger partial charge in [0.25, 0.3) is 0 Å². The average molecular weight is 518 g/mol. The number of ether oxygens (including phenoxy) is 1. The molecular weight excluding hydrogens is 470 g/mol. The first-order valence-electron chi connectivity index (χ1n) is 14.0. The molecule has 0 saturated carbocycles. The molecule has 0 fully saturated rings. The van der Waals surface area contributed by atoms with Crippen LogP contribution in [-0.4, -0.2) is 35.8 Å². The van der Waals surface area contributed by atoms with Crippen molar-refractivity contribution < 1.29 is 23.9 Å². The van der Waals surface area contributed by atoms with Gasteiger partial charge in [0, 0.05) is 18.9 Å². The predicted molar refractivity (Wildman–Crippen MR) is 146 cm³/mol. The van der Waals surface area contributed by atoms with Gasteiger partial charge in [-0.15, -0.1) is 0 Å². The minimum absolute atomic E-state index is 0.113. The predicted octanol–water partition coefficient (Wildman–Crippen LogP) is 4.94. The zero-order chi connectivity index (χ0) is 27.3. The van der Waals surface area contributed by atoms with Crippen LogP contribution in [0.5, 0.6) is 5.75 Å². The van der Waals surface area contributed by atoms with E-state index in [-0.39, 0.29) is 24.8 Å². The number of rotatable bonds is 21. The molecule has 1 aromatic carbocycles. The number of unbranched alkanes of at least 4 members (excludes halogenated alkanes) is 10. The van der Waals surface area contributed by atoms with Gasteiger partial charge in [-0.2, -0.15) is 0 Å². The Hall–Kier alpha value is -2.90. The summed E-state index contributed by atoms with van der Waals surface area (Å²) in [5.74, 6) is -1.37. The Labute approximate surface area is 222 Å². The van der Waals surface area contributed by atoms with E-state index in [0.29, 0.717) is 18.6 Å². The lowest BCUT2D eigenvalue weighted by molar-refractivity contribution is -0.135. The number of carbonyl (C=O) groups excluding carboxylic acids is 4. The van der Waals surface area contributed by atoms with Gasteiger partial charge in [0.1, 0.15) is 11.8 Å². The van der Waals surface area contributed by atoms with Crippen molar-refractivity contribution in [3.63, 3.8) is 0 Å². The van der Waals surface area contributed by atoms with Gasteiger partial charge in [-0.3, -0.25) is 19.2 Å². The van der Waals surface area contributed by atoms with Gasteiger partial charge in [-0.25, -0.2) is 0 Å². The summed E-state index contributed by atoms with van der Waals surface area (Å²) >= 11 is 0. The van der Waals surface area contributed by atoms with Crippen LogP contribution in [-0.2, 0) is 19.2 Å². The first kappa shape index (κ1) is 32.1. The zero-order valence-corrected chi connectivity index (χ0v) is 22.8. The van der Waals surface area contributed by atoms with Crippen LogP contribution in [0, 0.1) is 0 Å². The molecule has 2 atom stereocenters. The third-order valence-corrected chi connectivity index (χ3v) is 6.21. The van der Waals surface area contributed by atoms with Crippen LogP contribution >= 0.6 is 0 Å². The zero-order valence-electron chi connectivity index (χ0n) is 22.8. The van der Waals surface area contributed by atoms with Gasteiger partial charge in [-0.1, -0.05) is 89.3 Å². The lowest BCUT2D eigenvalue weighted by Gasteiger charge is -2.20. The van der Waals surface area contributed by atoms with E-state index in [0.717, 1.165) is 19.3 Å². The molecule has 4 N–H and O–H groups in total. The maximum atomic E-state index is 12.7. The maximum absolute atomic E-state index is 12.7. The lowest BCUT2D eigenvalue weighted by Crippen LogP contribution is -2.50. The van der Waals surface area contributed by atoms with E-state index in [1.165, 1.54) is 51.4 Å². The van der Waals surface area contributed by atoms with Gasteiger partial charge in [-0.05, 0) is 31.9 Å². The SMILES string of the molecule is CCCCCCCCCCCCCC(=O)NC(CC(N)=O)C(=O)NC(C)CCC(=O)Oc1ccccc1. The number of amides is 3. The van der Waals surface area contributed by atoms with E-state index in [2.05, 4.69) is 17.6 Å². The minimum Gasteiger partial charge on any atom is -0.427 e. The first-order chi connectivity index (χ1) is 17.8. The highest BCUT2D eigenvalue weighted by atomic mass is 16.5. The summed E-state index contributed by atoms with van der Waals surface area (Å²) in [7, 11) is 0. The Morgan fingerprint density at radius 2 is 1.38 bits per heavy atom. The van der Waals surface area contributed by atoms with Crippen LogP contribution in [0.2, 0.25) is 0 Å². The highest BCUT2D eigenvalue weighted by Crippen LogP contribution is 2.13. The molecule has 0 saturated heterocycles. The summed E-state index contributed by atoms with van der Waals surface area (Å²) in [5.41, 5.74) is 5.29. The van der Waals surface area contributed by atoms with Crippen molar-refractivity contribution in [1.82, 2.24) is 10.6 Å². The fourth-order valence-corrected chi connectivity index (χ4v) is 4.05. The third kappa shape index (κ3) is 17.2. The van der Waals surface area contributed by atoms with Crippen LogP contribution in [0.15, 0.2) is 30.3 Å². The van der Waals surface area contributed by atoms with Crippen LogP contribution in [0.1, 0.15) is 110 Å². The Morgan fingerprint density at radius 3 is 1.95 bits per heavy atom. The molecular formula is C29H47N3O5. The van der Waals surface area contributed by atoms with Crippen molar-refractivity contribution in [1.29, 1.82) is 0 Å². The van der Waals surface area contributed by atoms with Gasteiger partial charge in [0.15, 0.2) is 0 Å². The first-order valence-corrected chi connectivity index (χ1v) is 14.0. The molecule has 8 nitrogen and oxygen atoms in total. The van der Waals surface area contributed by atoms with Crippen molar-refractivity contribution in [3.05, 3.63) is 30.3 Å². The highest BCUT2D eigenvalue weighted by molar-refractivity contribution is 5.91. The lowest BCUT2D eigenvalue weighted by atomic mass is 10.0.